The lowest BCUT2D eigenvalue weighted by Crippen LogP contribution is -2.48. The normalized spacial score (nSPS) is 28.9. The van der Waals surface area contributed by atoms with Crippen LogP contribution in [-0.2, 0) is 19.0 Å². The predicted molar refractivity (Wildman–Crippen MR) is 83.1 cm³/mol. The molecule has 1 aromatic rings. The molecule has 1 fully saturated rings. The van der Waals surface area contributed by atoms with Gasteiger partial charge in [0.1, 0.15) is 6.10 Å². The van der Waals surface area contributed by atoms with E-state index in [9.17, 15) is 4.79 Å². The summed E-state index contributed by atoms with van der Waals surface area (Å²) in [6, 6.07) is 8.12. The number of rotatable bonds is 2. The first-order chi connectivity index (χ1) is 10.4. The van der Waals surface area contributed by atoms with Crippen LogP contribution >= 0.6 is 0 Å². The monoisotopic (exact) mass is 300 g/mol. The van der Waals surface area contributed by atoms with Crippen molar-refractivity contribution in [3.8, 4) is 0 Å². The van der Waals surface area contributed by atoms with Gasteiger partial charge in [0.25, 0.3) is 0 Å². The fourth-order valence-corrected chi connectivity index (χ4v) is 3.02. The van der Waals surface area contributed by atoms with Crippen molar-refractivity contribution < 1.29 is 19.0 Å². The minimum atomic E-state index is -1.23. The van der Waals surface area contributed by atoms with Gasteiger partial charge in [-0.1, -0.05) is 42.0 Å². The molecule has 2 aliphatic rings. The number of benzene rings is 1. The first-order valence-electron chi connectivity index (χ1n) is 7.31. The van der Waals surface area contributed by atoms with Crippen molar-refractivity contribution in [3.05, 3.63) is 53.6 Å². The quantitative estimate of drug-likeness (QED) is 0.788. The molecule has 0 aromatic heterocycles. The average molecular weight is 300 g/mol. The Morgan fingerprint density at radius 1 is 1.23 bits per heavy atom. The van der Waals surface area contributed by atoms with Gasteiger partial charge in [0.15, 0.2) is 5.79 Å². The number of ether oxygens (including phenoxy) is 3. The van der Waals surface area contributed by atoms with Crippen molar-refractivity contribution in [2.75, 3.05) is 7.11 Å². The van der Waals surface area contributed by atoms with E-state index in [2.05, 4.69) is 0 Å². The summed E-state index contributed by atoms with van der Waals surface area (Å²) in [7, 11) is 1.36. The molecule has 0 bridgehead atoms. The van der Waals surface area contributed by atoms with Crippen LogP contribution in [0.1, 0.15) is 25.0 Å². The molecule has 4 heteroatoms. The lowest BCUT2D eigenvalue weighted by molar-refractivity contribution is -0.179. The first kappa shape index (κ1) is 15.0. The number of allylic oxidation sites excluding steroid dienone is 2. The highest BCUT2D eigenvalue weighted by atomic mass is 16.8. The molecule has 1 aliphatic heterocycles. The van der Waals surface area contributed by atoms with Crippen molar-refractivity contribution in [1.29, 1.82) is 0 Å². The predicted octanol–water partition coefficient (Wildman–Crippen LogP) is 3.01. The maximum absolute atomic E-state index is 12.4. The highest BCUT2D eigenvalue weighted by molar-refractivity contribution is 5.90. The lowest BCUT2D eigenvalue weighted by Gasteiger charge is -2.30. The Hall–Kier alpha value is -1.91. The number of aryl methyl sites for hydroxylation is 1. The number of carbonyl (C=O) groups is 1. The van der Waals surface area contributed by atoms with Crippen molar-refractivity contribution in [3.63, 3.8) is 0 Å². The third-order valence-electron chi connectivity index (χ3n) is 4.00. The SMILES string of the molecule is COC(=O)[C@]12C=CC=C(c3ccc(C)cc3)[C@H]1OC(C)(C)O2. The summed E-state index contributed by atoms with van der Waals surface area (Å²) >= 11 is 0. The van der Waals surface area contributed by atoms with Gasteiger partial charge in [0.2, 0.25) is 5.60 Å². The Balaban J connectivity index is 2.07. The van der Waals surface area contributed by atoms with Crippen molar-refractivity contribution in [2.24, 2.45) is 0 Å². The summed E-state index contributed by atoms with van der Waals surface area (Å²) in [6.07, 6.45) is 4.98. The van der Waals surface area contributed by atoms with E-state index in [0.29, 0.717) is 0 Å². The molecule has 0 radical (unpaired) electrons. The van der Waals surface area contributed by atoms with Crippen LogP contribution in [0.2, 0.25) is 0 Å². The molecule has 1 aliphatic carbocycles. The van der Waals surface area contributed by atoms with Gasteiger partial charge in [0.05, 0.1) is 7.11 Å². The van der Waals surface area contributed by atoms with Crippen LogP contribution in [0, 0.1) is 6.92 Å². The summed E-state index contributed by atoms with van der Waals surface area (Å²) in [4.78, 5) is 12.4. The van der Waals surface area contributed by atoms with Crippen LogP contribution in [0.3, 0.4) is 0 Å². The van der Waals surface area contributed by atoms with Gasteiger partial charge in [-0.15, -0.1) is 0 Å². The molecule has 0 amide bonds. The molecule has 4 nitrogen and oxygen atoms in total. The topological polar surface area (TPSA) is 44.8 Å². The minimum Gasteiger partial charge on any atom is -0.467 e. The Morgan fingerprint density at radius 3 is 2.55 bits per heavy atom. The molecular formula is C18H20O4. The van der Waals surface area contributed by atoms with Gasteiger partial charge in [-0.25, -0.2) is 4.79 Å². The van der Waals surface area contributed by atoms with Crippen LogP contribution in [0.4, 0.5) is 0 Å². The van der Waals surface area contributed by atoms with Crippen LogP contribution in [0.15, 0.2) is 42.5 Å². The fraction of sp³-hybridized carbons (Fsp3) is 0.389. The van der Waals surface area contributed by atoms with Crippen LogP contribution < -0.4 is 0 Å². The minimum absolute atomic E-state index is 0.447. The molecule has 1 heterocycles. The van der Waals surface area contributed by atoms with Crippen molar-refractivity contribution in [2.45, 2.75) is 38.3 Å². The second-order valence-corrected chi connectivity index (χ2v) is 6.13. The second-order valence-electron chi connectivity index (χ2n) is 6.13. The lowest BCUT2D eigenvalue weighted by atomic mass is 9.83. The Morgan fingerprint density at radius 2 is 1.91 bits per heavy atom. The molecule has 1 saturated heterocycles. The standard InChI is InChI=1S/C18H20O4/c1-12-7-9-13(10-8-12)14-6-5-11-18(16(19)20-4)15(14)21-17(2,3)22-18/h5-11,15H,1-4H3/t15-,18+/m1/s1. The van der Waals surface area contributed by atoms with Crippen LogP contribution in [-0.4, -0.2) is 30.6 Å². The van der Waals surface area contributed by atoms with Crippen molar-refractivity contribution >= 4 is 11.5 Å². The Labute approximate surface area is 130 Å². The maximum atomic E-state index is 12.4. The van der Waals surface area contributed by atoms with E-state index in [0.717, 1.165) is 11.1 Å². The highest BCUT2D eigenvalue weighted by Gasteiger charge is 2.59. The first-order valence-corrected chi connectivity index (χ1v) is 7.31. The number of hydrogen-bond donors (Lipinski definition) is 0. The highest BCUT2D eigenvalue weighted by Crippen LogP contribution is 2.46. The third-order valence-corrected chi connectivity index (χ3v) is 4.00. The Bertz CT molecular complexity index is 654. The van der Waals surface area contributed by atoms with Gasteiger partial charge in [-0.3, -0.25) is 0 Å². The molecule has 1 aromatic carbocycles. The number of fused-ring (bicyclic) bond motifs is 1. The second kappa shape index (κ2) is 5.07. The maximum Gasteiger partial charge on any atom is 0.345 e. The zero-order valence-corrected chi connectivity index (χ0v) is 13.3. The molecular weight excluding hydrogens is 280 g/mol. The summed E-state index contributed by atoms with van der Waals surface area (Å²) in [6.45, 7) is 5.64. The number of carbonyl (C=O) groups excluding carboxylic acids is 1. The average Bonchev–Trinajstić information content (AvgIpc) is 2.78. The van der Waals surface area contributed by atoms with E-state index in [-0.39, 0.29) is 0 Å². The molecule has 0 N–H and O–H groups in total. The largest absolute Gasteiger partial charge is 0.467 e. The van der Waals surface area contributed by atoms with Gasteiger partial charge >= 0.3 is 5.97 Å². The van der Waals surface area contributed by atoms with Crippen molar-refractivity contribution in [1.82, 2.24) is 0 Å². The van der Waals surface area contributed by atoms with E-state index in [4.69, 9.17) is 14.2 Å². The molecule has 22 heavy (non-hydrogen) atoms. The summed E-state index contributed by atoms with van der Waals surface area (Å²) in [5, 5.41) is 0. The van der Waals surface area contributed by atoms with E-state index in [1.54, 1.807) is 19.9 Å². The molecule has 116 valence electrons. The molecule has 0 spiro atoms. The van der Waals surface area contributed by atoms with E-state index in [1.807, 2.05) is 43.3 Å². The number of methoxy groups -OCH3 is 1. The molecule has 0 unspecified atom stereocenters. The summed E-state index contributed by atoms with van der Waals surface area (Å²) in [5.74, 6) is -1.31. The Kier molecular flexibility index (Phi) is 3.46. The molecule has 3 rings (SSSR count). The summed E-state index contributed by atoms with van der Waals surface area (Å²) < 4.78 is 16.9. The van der Waals surface area contributed by atoms with E-state index >= 15 is 0 Å². The summed E-state index contributed by atoms with van der Waals surface area (Å²) in [5.41, 5.74) is 1.87. The number of esters is 1. The molecule has 0 saturated carbocycles. The van der Waals surface area contributed by atoms with Crippen LogP contribution in [0.25, 0.3) is 5.57 Å². The zero-order chi connectivity index (χ0) is 16.0. The van der Waals surface area contributed by atoms with E-state index < -0.39 is 23.5 Å². The zero-order valence-electron chi connectivity index (χ0n) is 13.3. The third kappa shape index (κ3) is 2.28. The van der Waals surface area contributed by atoms with E-state index in [1.165, 1.54) is 12.7 Å². The van der Waals surface area contributed by atoms with Gasteiger partial charge in [-0.05, 0) is 38.0 Å². The molecule has 2 atom stereocenters. The van der Waals surface area contributed by atoms with Crippen LogP contribution in [0.5, 0.6) is 0 Å². The van der Waals surface area contributed by atoms with Gasteiger partial charge in [-0.2, -0.15) is 0 Å². The van der Waals surface area contributed by atoms with Gasteiger partial charge in [0, 0.05) is 0 Å². The van der Waals surface area contributed by atoms with Gasteiger partial charge < -0.3 is 14.2 Å². The number of hydrogen-bond acceptors (Lipinski definition) is 4. The fourth-order valence-electron chi connectivity index (χ4n) is 3.02. The smallest absolute Gasteiger partial charge is 0.345 e.